The molecule has 0 aliphatic rings. The fraction of sp³-hybridized carbons (Fsp3) is 0.286. The van der Waals surface area contributed by atoms with E-state index in [-0.39, 0.29) is 18.1 Å². The quantitative estimate of drug-likeness (QED) is 0.702. The molecule has 1 rings (SSSR count). The summed E-state index contributed by atoms with van der Waals surface area (Å²) in [7, 11) is 0. The average Bonchev–Trinajstić information content (AvgIpc) is 2.04. The molecule has 66 valence electrons. The summed E-state index contributed by atoms with van der Waals surface area (Å²) < 4.78 is 24.1. The van der Waals surface area contributed by atoms with Gasteiger partial charge in [-0.05, 0) is 6.07 Å². The molecule has 4 N–H and O–H groups in total. The van der Waals surface area contributed by atoms with Gasteiger partial charge < -0.3 is 11.5 Å². The van der Waals surface area contributed by atoms with Gasteiger partial charge in [-0.25, -0.2) is 13.8 Å². The van der Waals surface area contributed by atoms with Gasteiger partial charge in [0.25, 0.3) is 6.43 Å². The minimum atomic E-state index is -2.58. The summed E-state index contributed by atoms with van der Waals surface area (Å²) in [5.74, 6) is 0.0790. The molecule has 0 aliphatic heterocycles. The monoisotopic (exact) mass is 173 g/mol. The second kappa shape index (κ2) is 3.44. The zero-order valence-corrected chi connectivity index (χ0v) is 6.30. The molecule has 5 heteroatoms. The first-order chi connectivity index (χ1) is 5.65. The zero-order valence-electron chi connectivity index (χ0n) is 6.30. The van der Waals surface area contributed by atoms with Crippen LogP contribution in [0.4, 0.5) is 14.6 Å². The highest BCUT2D eigenvalue weighted by Gasteiger charge is 2.09. The lowest BCUT2D eigenvalue weighted by Crippen LogP contribution is -2.05. The van der Waals surface area contributed by atoms with Gasteiger partial charge in [-0.1, -0.05) is 6.07 Å². The van der Waals surface area contributed by atoms with Crippen molar-refractivity contribution in [1.82, 2.24) is 4.98 Å². The van der Waals surface area contributed by atoms with Crippen molar-refractivity contribution < 1.29 is 8.78 Å². The van der Waals surface area contributed by atoms with Crippen molar-refractivity contribution in [1.29, 1.82) is 0 Å². The van der Waals surface area contributed by atoms with E-state index in [1.54, 1.807) is 0 Å². The zero-order chi connectivity index (χ0) is 9.14. The van der Waals surface area contributed by atoms with Crippen molar-refractivity contribution >= 4 is 5.82 Å². The lowest BCUT2D eigenvalue weighted by Gasteiger charge is -2.03. The Morgan fingerprint density at radius 3 is 2.50 bits per heavy atom. The van der Waals surface area contributed by atoms with E-state index >= 15 is 0 Å². The third kappa shape index (κ3) is 1.68. The number of nitrogens with zero attached hydrogens (tertiary/aromatic N) is 1. The summed E-state index contributed by atoms with van der Waals surface area (Å²) in [5, 5.41) is 0. The Labute approximate surface area is 68.4 Å². The van der Waals surface area contributed by atoms with E-state index in [0.717, 1.165) is 0 Å². The molecule has 0 bridgehead atoms. The molecule has 1 aromatic rings. The summed E-state index contributed by atoms with van der Waals surface area (Å²) in [6.07, 6.45) is -2.58. The lowest BCUT2D eigenvalue weighted by molar-refractivity contribution is 0.146. The first-order valence-corrected chi connectivity index (χ1v) is 3.38. The summed E-state index contributed by atoms with van der Waals surface area (Å²) in [4.78, 5) is 3.49. The molecule has 0 unspecified atom stereocenters. The third-order valence-electron chi connectivity index (χ3n) is 1.48. The van der Waals surface area contributed by atoms with Crippen LogP contribution in [0.15, 0.2) is 12.1 Å². The Morgan fingerprint density at radius 2 is 2.08 bits per heavy atom. The van der Waals surface area contributed by atoms with Crippen LogP contribution in [-0.4, -0.2) is 4.98 Å². The van der Waals surface area contributed by atoms with Gasteiger partial charge in [-0.15, -0.1) is 0 Å². The highest BCUT2D eigenvalue weighted by Crippen LogP contribution is 2.18. The number of rotatable bonds is 2. The van der Waals surface area contributed by atoms with Gasteiger partial charge in [-0.2, -0.15) is 0 Å². The Kier molecular flexibility index (Phi) is 2.54. The van der Waals surface area contributed by atoms with E-state index in [4.69, 9.17) is 11.5 Å². The number of aromatic nitrogens is 1. The number of halogens is 2. The van der Waals surface area contributed by atoms with Crippen molar-refractivity contribution in [2.24, 2.45) is 5.73 Å². The fourth-order valence-corrected chi connectivity index (χ4v) is 0.814. The third-order valence-corrected chi connectivity index (χ3v) is 1.48. The van der Waals surface area contributed by atoms with Crippen LogP contribution in [-0.2, 0) is 6.54 Å². The van der Waals surface area contributed by atoms with E-state index in [1.807, 2.05) is 0 Å². The van der Waals surface area contributed by atoms with Crippen molar-refractivity contribution in [3.8, 4) is 0 Å². The molecule has 0 radical (unpaired) electrons. The molecule has 0 saturated heterocycles. The predicted molar refractivity (Wildman–Crippen MR) is 41.5 cm³/mol. The predicted octanol–water partition coefficient (Wildman–Crippen LogP) is 1.06. The smallest absolute Gasteiger partial charge is 0.280 e. The molecule has 3 nitrogen and oxygen atoms in total. The minimum Gasteiger partial charge on any atom is -0.383 e. The van der Waals surface area contributed by atoms with Crippen LogP contribution < -0.4 is 11.5 Å². The van der Waals surface area contributed by atoms with Crippen molar-refractivity contribution in [3.63, 3.8) is 0 Å². The van der Waals surface area contributed by atoms with E-state index in [9.17, 15) is 8.78 Å². The minimum absolute atomic E-state index is 0.0790. The van der Waals surface area contributed by atoms with Gasteiger partial charge in [0.15, 0.2) is 0 Å². The van der Waals surface area contributed by atoms with Crippen LogP contribution in [0.1, 0.15) is 17.7 Å². The number of nitrogens with two attached hydrogens (primary N) is 2. The summed E-state index contributed by atoms with van der Waals surface area (Å²) in [6, 6.07) is 2.69. The summed E-state index contributed by atoms with van der Waals surface area (Å²) >= 11 is 0. The standard InChI is InChI=1S/C7H9F2N3/c8-6(9)5-2-1-4(3-10)7(11)12-5/h1-2,6H,3,10H2,(H2,11,12). The van der Waals surface area contributed by atoms with Gasteiger partial charge >= 0.3 is 0 Å². The molecule has 0 aliphatic carbocycles. The molecule has 12 heavy (non-hydrogen) atoms. The topological polar surface area (TPSA) is 64.9 Å². The Balaban J connectivity index is 3.02. The maximum Gasteiger partial charge on any atom is 0.280 e. The van der Waals surface area contributed by atoms with Gasteiger partial charge in [0.1, 0.15) is 11.5 Å². The number of hydrogen-bond acceptors (Lipinski definition) is 3. The van der Waals surface area contributed by atoms with E-state index in [2.05, 4.69) is 4.98 Å². The summed E-state index contributed by atoms with van der Waals surface area (Å²) in [5.41, 5.74) is 10.9. The molecule has 0 amide bonds. The van der Waals surface area contributed by atoms with Gasteiger partial charge in [0.05, 0.1) is 0 Å². The average molecular weight is 173 g/mol. The van der Waals surface area contributed by atoms with Gasteiger partial charge in [-0.3, -0.25) is 0 Å². The number of pyridine rings is 1. The van der Waals surface area contributed by atoms with E-state index in [1.165, 1.54) is 12.1 Å². The molecule has 1 heterocycles. The second-order valence-electron chi connectivity index (χ2n) is 2.29. The van der Waals surface area contributed by atoms with Crippen LogP contribution in [0.25, 0.3) is 0 Å². The highest BCUT2D eigenvalue weighted by atomic mass is 19.3. The Bertz CT molecular complexity index is 275. The largest absolute Gasteiger partial charge is 0.383 e. The van der Waals surface area contributed by atoms with Crippen molar-refractivity contribution in [3.05, 3.63) is 23.4 Å². The first-order valence-electron chi connectivity index (χ1n) is 3.38. The fourth-order valence-electron chi connectivity index (χ4n) is 0.814. The van der Waals surface area contributed by atoms with Crippen LogP contribution in [0.3, 0.4) is 0 Å². The van der Waals surface area contributed by atoms with Crippen molar-refractivity contribution in [2.45, 2.75) is 13.0 Å². The molecule has 0 atom stereocenters. The SMILES string of the molecule is NCc1ccc(C(F)F)nc1N. The Morgan fingerprint density at radius 1 is 1.42 bits per heavy atom. The van der Waals surface area contributed by atoms with Crippen LogP contribution >= 0.6 is 0 Å². The molecule has 0 spiro atoms. The number of hydrogen-bond donors (Lipinski definition) is 2. The van der Waals surface area contributed by atoms with Crippen molar-refractivity contribution in [2.75, 3.05) is 5.73 Å². The first kappa shape index (κ1) is 8.86. The second-order valence-corrected chi connectivity index (χ2v) is 2.29. The highest BCUT2D eigenvalue weighted by molar-refractivity contribution is 5.40. The molecule has 0 fully saturated rings. The number of alkyl halides is 2. The van der Waals surface area contributed by atoms with Crippen LogP contribution in [0, 0.1) is 0 Å². The molecular weight excluding hydrogens is 164 g/mol. The molecule has 1 aromatic heterocycles. The van der Waals surface area contributed by atoms with Crippen LogP contribution in [0.2, 0.25) is 0 Å². The Hall–Kier alpha value is -1.23. The molecule has 0 aromatic carbocycles. The number of anilines is 1. The lowest BCUT2D eigenvalue weighted by atomic mass is 10.2. The van der Waals surface area contributed by atoms with Gasteiger partial charge in [0.2, 0.25) is 0 Å². The maximum atomic E-state index is 12.0. The maximum absolute atomic E-state index is 12.0. The molecular formula is C7H9F2N3. The normalized spacial score (nSPS) is 10.7. The summed E-state index contributed by atoms with van der Waals surface area (Å²) in [6.45, 7) is 0.211. The van der Waals surface area contributed by atoms with Gasteiger partial charge in [0, 0.05) is 12.1 Å². The molecule has 0 saturated carbocycles. The van der Waals surface area contributed by atoms with E-state index in [0.29, 0.717) is 5.56 Å². The van der Waals surface area contributed by atoms with E-state index < -0.39 is 6.43 Å². The number of nitrogen functional groups attached to an aromatic ring is 1. The van der Waals surface area contributed by atoms with Crippen LogP contribution in [0.5, 0.6) is 0 Å².